The summed E-state index contributed by atoms with van der Waals surface area (Å²) in [6.07, 6.45) is 8.00. The summed E-state index contributed by atoms with van der Waals surface area (Å²) in [7, 11) is 0. The molecule has 1 saturated carbocycles. The number of rotatable bonds is 5. The number of benzene rings is 1. The van der Waals surface area contributed by atoms with Gasteiger partial charge in [-0.05, 0) is 36.8 Å². The van der Waals surface area contributed by atoms with Gasteiger partial charge in [-0.15, -0.1) is 0 Å². The first-order valence-corrected chi connectivity index (χ1v) is 8.39. The topological polar surface area (TPSA) is 50.1 Å². The molecular weight excluding hydrogens is 274 g/mol. The molecule has 0 aromatic heterocycles. The van der Waals surface area contributed by atoms with Gasteiger partial charge in [-0.1, -0.05) is 49.9 Å². The van der Waals surface area contributed by atoms with Crippen LogP contribution in [0.5, 0.6) is 0 Å². The number of hydrogen-bond donors (Lipinski definition) is 0. The van der Waals surface area contributed by atoms with Crippen LogP contribution in [-0.4, -0.2) is 12.6 Å². The molecule has 1 aliphatic carbocycles. The summed E-state index contributed by atoms with van der Waals surface area (Å²) < 4.78 is 4.94. The van der Waals surface area contributed by atoms with E-state index in [0.717, 1.165) is 5.56 Å². The molecule has 0 aliphatic heterocycles. The lowest BCUT2D eigenvalue weighted by atomic mass is 9.89. The highest BCUT2D eigenvalue weighted by Gasteiger charge is 2.18. The molecule has 2 rings (SSSR count). The van der Waals surface area contributed by atoms with E-state index < -0.39 is 5.92 Å². The summed E-state index contributed by atoms with van der Waals surface area (Å²) in [6.45, 7) is 2.14. The maximum absolute atomic E-state index is 11.6. The molecule has 22 heavy (non-hydrogen) atoms. The molecule has 0 bridgehead atoms. The van der Waals surface area contributed by atoms with Crippen LogP contribution < -0.4 is 0 Å². The highest BCUT2D eigenvalue weighted by Crippen LogP contribution is 2.32. The fourth-order valence-electron chi connectivity index (χ4n) is 3.24. The van der Waals surface area contributed by atoms with Gasteiger partial charge in [0.25, 0.3) is 0 Å². The first-order valence-electron chi connectivity index (χ1n) is 8.39. The van der Waals surface area contributed by atoms with Gasteiger partial charge in [-0.25, -0.2) is 0 Å². The van der Waals surface area contributed by atoms with Crippen LogP contribution in [0.15, 0.2) is 24.3 Å². The van der Waals surface area contributed by atoms with Crippen LogP contribution >= 0.6 is 0 Å². The van der Waals surface area contributed by atoms with E-state index in [2.05, 4.69) is 18.2 Å². The third-order valence-electron chi connectivity index (χ3n) is 4.50. The molecule has 0 unspecified atom stereocenters. The van der Waals surface area contributed by atoms with Crippen LogP contribution in [0.4, 0.5) is 0 Å². The lowest BCUT2D eigenvalue weighted by Crippen LogP contribution is -2.09. The molecule has 0 radical (unpaired) electrons. The van der Waals surface area contributed by atoms with E-state index in [4.69, 9.17) is 4.74 Å². The van der Waals surface area contributed by atoms with E-state index in [1.807, 2.05) is 12.1 Å². The summed E-state index contributed by atoms with van der Waals surface area (Å²) in [5.41, 5.74) is 2.28. The summed E-state index contributed by atoms with van der Waals surface area (Å²) in [4.78, 5) is 11.6. The molecule has 118 valence electrons. The second-order valence-corrected chi connectivity index (χ2v) is 6.05. The number of carbonyl (C=O) groups excluding carboxylic acids is 1. The van der Waals surface area contributed by atoms with Gasteiger partial charge in [0.05, 0.1) is 25.0 Å². The molecule has 0 heterocycles. The predicted molar refractivity (Wildman–Crippen MR) is 86.5 cm³/mol. The van der Waals surface area contributed by atoms with Crippen molar-refractivity contribution in [1.29, 1.82) is 5.26 Å². The normalized spacial score (nSPS) is 17.3. The summed E-state index contributed by atoms with van der Waals surface area (Å²) in [6, 6.07) is 10.5. The van der Waals surface area contributed by atoms with Crippen molar-refractivity contribution in [1.82, 2.24) is 0 Å². The average molecular weight is 299 g/mol. The molecular formula is C19H25NO2. The number of nitriles is 1. The zero-order chi connectivity index (χ0) is 15.8. The Balaban J connectivity index is 2.03. The summed E-state index contributed by atoms with van der Waals surface area (Å²) in [5, 5.41) is 9.29. The Morgan fingerprint density at radius 2 is 1.86 bits per heavy atom. The molecule has 0 spiro atoms. The van der Waals surface area contributed by atoms with E-state index in [-0.39, 0.29) is 12.4 Å². The van der Waals surface area contributed by atoms with E-state index in [0.29, 0.717) is 12.5 Å². The van der Waals surface area contributed by atoms with Crippen LogP contribution in [0.2, 0.25) is 0 Å². The third-order valence-corrected chi connectivity index (χ3v) is 4.50. The third kappa shape index (κ3) is 4.59. The smallest absolute Gasteiger partial charge is 0.307 e. The molecule has 3 nitrogen and oxygen atoms in total. The Labute approximate surface area is 133 Å². The fraction of sp³-hybridized carbons (Fsp3) is 0.579. The van der Waals surface area contributed by atoms with Gasteiger partial charge in [0.15, 0.2) is 0 Å². The molecule has 0 N–H and O–H groups in total. The van der Waals surface area contributed by atoms with Crippen LogP contribution in [-0.2, 0) is 9.53 Å². The van der Waals surface area contributed by atoms with Gasteiger partial charge in [-0.2, -0.15) is 5.26 Å². The maximum atomic E-state index is 11.6. The van der Waals surface area contributed by atoms with Crippen molar-refractivity contribution in [3.05, 3.63) is 35.4 Å². The second-order valence-electron chi connectivity index (χ2n) is 6.05. The van der Waals surface area contributed by atoms with Crippen LogP contribution in [0.1, 0.15) is 74.8 Å². The number of hydrogen-bond acceptors (Lipinski definition) is 3. The molecule has 1 aromatic carbocycles. The van der Waals surface area contributed by atoms with Crippen LogP contribution in [0.3, 0.4) is 0 Å². The molecule has 1 atom stereocenters. The average Bonchev–Trinajstić information content (AvgIpc) is 2.82. The highest BCUT2D eigenvalue weighted by molar-refractivity contribution is 5.71. The van der Waals surface area contributed by atoms with Crippen LogP contribution in [0.25, 0.3) is 0 Å². The quantitative estimate of drug-likeness (QED) is 0.585. The highest BCUT2D eigenvalue weighted by atomic mass is 16.5. The van der Waals surface area contributed by atoms with Crippen molar-refractivity contribution in [3.63, 3.8) is 0 Å². The zero-order valence-electron chi connectivity index (χ0n) is 13.4. The maximum Gasteiger partial charge on any atom is 0.307 e. The number of carbonyl (C=O) groups is 1. The molecule has 1 aromatic rings. The molecule has 0 saturated heterocycles. The Bertz CT molecular complexity index is 507. The molecule has 0 amide bonds. The molecule has 1 fully saturated rings. The van der Waals surface area contributed by atoms with Crippen molar-refractivity contribution in [3.8, 4) is 6.07 Å². The summed E-state index contributed by atoms with van der Waals surface area (Å²) >= 11 is 0. The van der Waals surface area contributed by atoms with E-state index in [9.17, 15) is 10.1 Å². The van der Waals surface area contributed by atoms with Gasteiger partial charge in [-0.3, -0.25) is 4.79 Å². The standard InChI is InChI=1S/C19H25NO2/c1-2-22-19(21)13-18(14-20)17-11-9-16(10-12-17)15-7-5-3-4-6-8-15/h9-12,15,18H,2-8,13H2,1H3/t18-/m1/s1. The first-order chi connectivity index (χ1) is 10.7. The van der Waals surface area contributed by atoms with Crippen molar-refractivity contribution < 1.29 is 9.53 Å². The Kier molecular flexibility index (Phi) is 6.45. The van der Waals surface area contributed by atoms with Crippen LogP contribution in [0, 0.1) is 11.3 Å². The fourth-order valence-corrected chi connectivity index (χ4v) is 3.24. The number of esters is 1. The monoisotopic (exact) mass is 299 g/mol. The van der Waals surface area contributed by atoms with Gasteiger partial charge < -0.3 is 4.74 Å². The molecule has 1 aliphatic rings. The van der Waals surface area contributed by atoms with Gasteiger partial charge in [0.2, 0.25) is 0 Å². The van der Waals surface area contributed by atoms with Gasteiger partial charge in [0, 0.05) is 0 Å². The number of ether oxygens (including phenoxy) is 1. The SMILES string of the molecule is CCOC(=O)C[C@H](C#N)c1ccc(C2CCCCCC2)cc1. The minimum Gasteiger partial charge on any atom is -0.466 e. The zero-order valence-corrected chi connectivity index (χ0v) is 13.4. The van der Waals surface area contributed by atoms with Crippen molar-refractivity contribution in [2.45, 2.75) is 63.7 Å². The van der Waals surface area contributed by atoms with Crippen molar-refractivity contribution >= 4 is 5.97 Å². The van der Waals surface area contributed by atoms with Gasteiger partial charge >= 0.3 is 5.97 Å². The Morgan fingerprint density at radius 3 is 2.41 bits per heavy atom. The lowest BCUT2D eigenvalue weighted by Gasteiger charge is -2.16. The largest absolute Gasteiger partial charge is 0.466 e. The second kappa shape index (κ2) is 8.58. The van der Waals surface area contributed by atoms with Gasteiger partial charge in [0.1, 0.15) is 0 Å². The summed E-state index contributed by atoms with van der Waals surface area (Å²) in [5.74, 6) is -0.0636. The number of nitrogens with zero attached hydrogens (tertiary/aromatic N) is 1. The minimum absolute atomic E-state index is 0.132. The van der Waals surface area contributed by atoms with Crippen molar-refractivity contribution in [2.24, 2.45) is 0 Å². The molecule has 3 heteroatoms. The van der Waals surface area contributed by atoms with Crippen molar-refractivity contribution in [2.75, 3.05) is 6.61 Å². The first kappa shape index (κ1) is 16.5. The van der Waals surface area contributed by atoms with E-state index >= 15 is 0 Å². The van der Waals surface area contributed by atoms with E-state index in [1.54, 1.807) is 6.92 Å². The van der Waals surface area contributed by atoms with E-state index in [1.165, 1.54) is 44.1 Å². The Morgan fingerprint density at radius 1 is 1.23 bits per heavy atom. The predicted octanol–water partition coefficient (Wildman–Crippen LogP) is 4.68. The Hall–Kier alpha value is -1.82. The minimum atomic E-state index is -0.415. The lowest BCUT2D eigenvalue weighted by molar-refractivity contribution is -0.143.